The fraction of sp³-hybridized carbons (Fsp3) is 1.00. The SMILES string of the molecule is C[C@H](CCCN(CCCN)CCCN)C1CC[C@H]2C3CCC4CCCC[C@]4(C)[C@H]3C[C@H](OCCCN)[C@]12C. The number of rotatable bonds is 15. The van der Waals surface area contributed by atoms with Crippen LogP contribution in [0.15, 0.2) is 0 Å². The Labute approximate surface area is 235 Å². The quantitative estimate of drug-likeness (QED) is 0.232. The summed E-state index contributed by atoms with van der Waals surface area (Å²) in [6.45, 7) is 14.5. The number of hydrogen-bond donors (Lipinski definition) is 3. The van der Waals surface area contributed by atoms with Gasteiger partial charge in [0.1, 0.15) is 0 Å². The molecule has 0 aromatic rings. The van der Waals surface area contributed by atoms with Crippen LogP contribution in [0.5, 0.6) is 0 Å². The van der Waals surface area contributed by atoms with Crippen molar-refractivity contribution in [2.24, 2.45) is 63.5 Å². The van der Waals surface area contributed by atoms with E-state index in [0.717, 1.165) is 94.1 Å². The van der Waals surface area contributed by atoms with Crippen molar-refractivity contribution in [2.45, 2.75) is 117 Å². The Morgan fingerprint density at radius 3 is 2.24 bits per heavy atom. The minimum absolute atomic E-state index is 0.325. The van der Waals surface area contributed by atoms with Gasteiger partial charge in [-0.05, 0) is 163 Å². The van der Waals surface area contributed by atoms with Crippen LogP contribution >= 0.6 is 0 Å². The molecule has 9 atom stereocenters. The molecule has 5 heteroatoms. The molecule has 0 amide bonds. The zero-order valence-corrected chi connectivity index (χ0v) is 25.5. The van der Waals surface area contributed by atoms with Crippen molar-refractivity contribution in [3.8, 4) is 0 Å². The molecule has 4 fully saturated rings. The van der Waals surface area contributed by atoms with Gasteiger partial charge in [-0.1, -0.05) is 33.6 Å². The third-order valence-electron chi connectivity index (χ3n) is 12.6. The van der Waals surface area contributed by atoms with Crippen LogP contribution in [0.2, 0.25) is 0 Å². The molecule has 0 aliphatic heterocycles. The highest BCUT2D eigenvalue weighted by molar-refractivity contribution is 5.12. The van der Waals surface area contributed by atoms with E-state index in [2.05, 4.69) is 25.7 Å². The Hall–Kier alpha value is -0.200. The summed E-state index contributed by atoms with van der Waals surface area (Å²) in [6, 6.07) is 0. The van der Waals surface area contributed by atoms with E-state index in [4.69, 9.17) is 21.9 Å². The average molecular weight is 533 g/mol. The van der Waals surface area contributed by atoms with Gasteiger partial charge in [0.05, 0.1) is 6.10 Å². The molecular formula is C33H64N4O. The van der Waals surface area contributed by atoms with E-state index >= 15 is 0 Å². The molecule has 3 unspecified atom stereocenters. The van der Waals surface area contributed by atoms with Gasteiger partial charge in [0, 0.05) is 6.61 Å². The lowest BCUT2D eigenvalue weighted by atomic mass is 9.44. The van der Waals surface area contributed by atoms with E-state index in [-0.39, 0.29) is 0 Å². The highest BCUT2D eigenvalue weighted by atomic mass is 16.5. The fourth-order valence-electron chi connectivity index (χ4n) is 10.6. The van der Waals surface area contributed by atoms with Gasteiger partial charge in [0.25, 0.3) is 0 Å². The Morgan fingerprint density at radius 2 is 1.53 bits per heavy atom. The highest BCUT2D eigenvalue weighted by Gasteiger charge is 2.63. The van der Waals surface area contributed by atoms with Crippen LogP contribution in [0.3, 0.4) is 0 Å². The Morgan fingerprint density at radius 1 is 0.816 bits per heavy atom. The molecule has 0 bridgehead atoms. The van der Waals surface area contributed by atoms with Crippen LogP contribution in [0.1, 0.15) is 111 Å². The van der Waals surface area contributed by atoms with E-state index < -0.39 is 0 Å². The summed E-state index contributed by atoms with van der Waals surface area (Å²) in [5, 5.41) is 0. The van der Waals surface area contributed by atoms with Crippen LogP contribution in [-0.2, 0) is 4.74 Å². The first-order chi connectivity index (χ1) is 18.4. The number of nitrogens with two attached hydrogens (primary N) is 3. The van der Waals surface area contributed by atoms with Crippen molar-refractivity contribution in [3.63, 3.8) is 0 Å². The largest absolute Gasteiger partial charge is 0.378 e. The summed E-state index contributed by atoms with van der Waals surface area (Å²) in [7, 11) is 0. The normalized spacial score (nSPS) is 39.6. The van der Waals surface area contributed by atoms with Gasteiger partial charge in [-0.3, -0.25) is 0 Å². The molecule has 4 saturated carbocycles. The van der Waals surface area contributed by atoms with Crippen molar-refractivity contribution in [2.75, 3.05) is 45.9 Å². The third-order valence-corrected chi connectivity index (χ3v) is 12.6. The molecule has 0 aromatic carbocycles. The number of ether oxygens (including phenoxy) is 1. The van der Waals surface area contributed by atoms with Gasteiger partial charge >= 0.3 is 0 Å². The molecular weight excluding hydrogens is 468 g/mol. The highest BCUT2D eigenvalue weighted by Crippen LogP contribution is 2.68. The topological polar surface area (TPSA) is 90.5 Å². The second-order valence-corrected chi connectivity index (χ2v) is 14.4. The molecule has 222 valence electrons. The van der Waals surface area contributed by atoms with Crippen molar-refractivity contribution >= 4 is 0 Å². The van der Waals surface area contributed by atoms with Crippen LogP contribution in [0, 0.1) is 46.3 Å². The summed E-state index contributed by atoms with van der Waals surface area (Å²) in [6.07, 6.45) is 19.2. The maximum Gasteiger partial charge on any atom is 0.0637 e. The van der Waals surface area contributed by atoms with Gasteiger partial charge in [-0.2, -0.15) is 0 Å². The molecule has 4 aliphatic carbocycles. The lowest BCUT2D eigenvalue weighted by molar-refractivity contribution is -0.185. The van der Waals surface area contributed by atoms with Crippen molar-refractivity contribution in [1.82, 2.24) is 4.90 Å². The molecule has 0 saturated heterocycles. The lowest BCUT2D eigenvalue weighted by Gasteiger charge is -2.62. The van der Waals surface area contributed by atoms with E-state index in [9.17, 15) is 0 Å². The molecule has 6 N–H and O–H groups in total. The van der Waals surface area contributed by atoms with Gasteiger partial charge in [0.2, 0.25) is 0 Å². The second kappa shape index (κ2) is 14.1. The molecule has 5 nitrogen and oxygen atoms in total. The summed E-state index contributed by atoms with van der Waals surface area (Å²) in [5.74, 6) is 5.15. The van der Waals surface area contributed by atoms with Crippen LogP contribution in [-0.4, -0.2) is 56.9 Å². The van der Waals surface area contributed by atoms with Gasteiger partial charge in [-0.15, -0.1) is 0 Å². The number of nitrogens with zero attached hydrogens (tertiary/aromatic N) is 1. The molecule has 0 heterocycles. The maximum atomic E-state index is 6.91. The smallest absolute Gasteiger partial charge is 0.0637 e. The Balaban J connectivity index is 1.46. The second-order valence-electron chi connectivity index (χ2n) is 14.4. The maximum absolute atomic E-state index is 6.91. The van der Waals surface area contributed by atoms with Crippen LogP contribution < -0.4 is 17.2 Å². The van der Waals surface area contributed by atoms with E-state index in [1.807, 2.05) is 0 Å². The molecule has 0 spiro atoms. The minimum Gasteiger partial charge on any atom is -0.378 e. The summed E-state index contributed by atoms with van der Waals surface area (Å²) in [5.41, 5.74) is 18.4. The first-order valence-corrected chi connectivity index (χ1v) is 16.8. The predicted octanol–water partition coefficient (Wildman–Crippen LogP) is 5.80. The van der Waals surface area contributed by atoms with Crippen LogP contribution in [0.25, 0.3) is 0 Å². The summed E-state index contributed by atoms with van der Waals surface area (Å²) >= 11 is 0. The molecule has 4 rings (SSSR count). The van der Waals surface area contributed by atoms with Crippen LogP contribution in [0.4, 0.5) is 0 Å². The number of hydrogen-bond acceptors (Lipinski definition) is 5. The fourth-order valence-corrected chi connectivity index (χ4v) is 10.6. The van der Waals surface area contributed by atoms with E-state index in [1.54, 1.807) is 0 Å². The minimum atomic E-state index is 0.325. The zero-order valence-electron chi connectivity index (χ0n) is 25.5. The molecule has 4 aliphatic rings. The average Bonchev–Trinajstić information content (AvgIpc) is 3.28. The third kappa shape index (κ3) is 6.32. The first kappa shape index (κ1) is 30.8. The lowest BCUT2D eigenvalue weighted by Crippen LogP contribution is -2.58. The first-order valence-electron chi connectivity index (χ1n) is 16.8. The van der Waals surface area contributed by atoms with Gasteiger partial charge < -0.3 is 26.8 Å². The standard InChI is InChI=1S/C33H64N4O/c1-25(10-6-20-37(21-7-17-34)22-8-18-35)28-14-15-29-27-13-12-26-11-4-5-16-32(26,2)30(27)24-31(33(28,29)3)38-23-9-19-36/h25-31H,4-24,34-36H2,1-3H3/t25-,26?,27?,28?,29+,30+,31+,32+,33-/m1/s1. The van der Waals surface area contributed by atoms with Gasteiger partial charge in [0.15, 0.2) is 0 Å². The Bertz CT molecular complexity index is 696. The molecule has 38 heavy (non-hydrogen) atoms. The van der Waals surface area contributed by atoms with Crippen molar-refractivity contribution in [3.05, 3.63) is 0 Å². The monoisotopic (exact) mass is 533 g/mol. The predicted molar refractivity (Wildman–Crippen MR) is 161 cm³/mol. The van der Waals surface area contributed by atoms with E-state index in [1.165, 1.54) is 77.2 Å². The summed E-state index contributed by atoms with van der Waals surface area (Å²) in [4.78, 5) is 2.61. The van der Waals surface area contributed by atoms with Gasteiger partial charge in [-0.25, -0.2) is 0 Å². The number of fused-ring (bicyclic) bond motifs is 5. The molecule has 0 radical (unpaired) electrons. The Kier molecular flexibility index (Phi) is 11.4. The van der Waals surface area contributed by atoms with Crippen molar-refractivity contribution in [1.29, 1.82) is 0 Å². The van der Waals surface area contributed by atoms with Crippen molar-refractivity contribution < 1.29 is 4.74 Å². The molecule has 0 aromatic heterocycles. The van der Waals surface area contributed by atoms with E-state index in [0.29, 0.717) is 16.9 Å². The zero-order chi connectivity index (χ0) is 27.2. The summed E-state index contributed by atoms with van der Waals surface area (Å²) < 4.78 is 6.91.